The van der Waals surface area contributed by atoms with Gasteiger partial charge in [0.05, 0.1) is 18.3 Å². The van der Waals surface area contributed by atoms with Crippen LogP contribution in [0.2, 0.25) is 0 Å². The highest BCUT2D eigenvalue weighted by Gasteiger charge is 2.06. The molecule has 128 valence electrons. The summed E-state index contributed by atoms with van der Waals surface area (Å²) in [6, 6.07) is 15.3. The standard InChI is InChI=1S/C19H18N2O2S2/c1-23-17-6-2-14(3-7-17)10-20-19(22)15-4-8-18(9-5-15)25-12-16-11-24-13-21-16/h2-9,11,13H,10,12H2,1H3,(H,20,22). The maximum atomic E-state index is 12.2. The number of rotatable bonds is 7. The lowest BCUT2D eigenvalue weighted by Gasteiger charge is -2.07. The van der Waals surface area contributed by atoms with Gasteiger partial charge in [-0.05, 0) is 42.0 Å². The number of ether oxygens (including phenoxy) is 1. The molecule has 1 heterocycles. The smallest absolute Gasteiger partial charge is 0.251 e. The molecule has 3 rings (SSSR count). The number of hydrogen-bond donors (Lipinski definition) is 1. The number of thiazole rings is 1. The van der Waals surface area contributed by atoms with Crippen molar-refractivity contribution in [1.82, 2.24) is 10.3 Å². The van der Waals surface area contributed by atoms with Crippen molar-refractivity contribution in [2.75, 3.05) is 7.11 Å². The molecular formula is C19H18N2O2S2. The summed E-state index contributed by atoms with van der Waals surface area (Å²) in [6.07, 6.45) is 0. The maximum Gasteiger partial charge on any atom is 0.251 e. The van der Waals surface area contributed by atoms with E-state index in [0.717, 1.165) is 27.7 Å². The van der Waals surface area contributed by atoms with Crippen LogP contribution in [0.3, 0.4) is 0 Å². The summed E-state index contributed by atoms with van der Waals surface area (Å²) in [5.74, 6) is 1.57. The molecule has 3 aromatic rings. The van der Waals surface area contributed by atoms with E-state index in [2.05, 4.69) is 10.3 Å². The lowest BCUT2D eigenvalue weighted by Crippen LogP contribution is -2.22. The minimum absolute atomic E-state index is 0.0770. The number of carbonyl (C=O) groups is 1. The minimum Gasteiger partial charge on any atom is -0.497 e. The minimum atomic E-state index is -0.0770. The first-order chi connectivity index (χ1) is 12.2. The van der Waals surface area contributed by atoms with E-state index in [1.165, 1.54) is 0 Å². The van der Waals surface area contributed by atoms with E-state index in [0.29, 0.717) is 12.1 Å². The first-order valence-corrected chi connectivity index (χ1v) is 9.68. The van der Waals surface area contributed by atoms with Crippen molar-refractivity contribution >= 4 is 29.0 Å². The summed E-state index contributed by atoms with van der Waals surface area (Å²) in [7, 11) is 1.63. The molecule has 0 bridgehead atoms. The van der Waals surface area contributed by atoms with Crippen LogP contribution in [-0.2, 0) is 12.3 Å². The van der Waals surface area contributed by atoms with E-state index in [-0.39, 0.29) is 5.91 Å². The van der Waals surface area contributed by atoms with Crippen molar-refractivity contribution in [2.45, 2.75) is 17.2 Å². The Morgan fingerprint density at radius 1 is 1.16 bits per heavy atom. The molecular weight excluding hydrogens is 352 g/mol. The molecule has 25 heavy (non-hydrogen) atoms. The Hall–Kier alpha value is -2.31. The Bertz CT molecular complexity index is 800. The first-order valence-electron chi connectivity index (χ1n) is 7.75. The summed E-state index contributed by atoms with van der Waals surface area (Å²) in [6.45, 7) is 0.489. The van der Waals surface area contributed by atoms with Crippen LogP contribution in [0.5, 0.6) is 5.75 Å². The summed E-state index contributed by atoms with van der Waals surface area (Å²) < 4.78 is 5.13. The fourth-order valence-electron chi connectivity index (χ4n) is 2.20. The predicted molar refractivity (Wildman–Crippen MR) is 102 cm³/mol. The molecule has 6 heteroatoms. The van der Waals surface area contributed by atoms with Crippen LogP contribution in [0.25, 0.3) is 0 Å². The van der Waals surface area contributed by atoms with Crippen molar-refractivity contribution in [2.24, 2.45) is 0 Å². The van der Waals surface area contributed by atoms with E-state index in [9.17, 15) is 4.79 Å². The fourth-order valence-corrected chi connectivity index (χ4v) is 3.66. The van der Waals surface area contributed by atoms with Crippen LogP contribution in [0, 0.1) is 0 Å². The molecule has 0 atom stereocenters. The quantitative estimate of drug-likeness (QED) is 0.627. The Labute approximate surface area is 155 Å². The maximum absolute atomic E-state index is 12.2. The van der Waals surface area contributed by atoms with Crippen LogP contribution >= 0.6 is 23.1 Å². The molecule has 0 aliphatic carbocycles. The fraction of sp³-hybridized carbons (Fsp3) is 0.158. The number of nitrogens with one attached hydrogen (secondary N) is 1. The largest absolute Gasteiger partial charge is 0.497 e. The second-order valence-corrected chi connectivity index (χ2v) is 7.09. The highest BCUT2D eigenvalue weighted by Crippen LogP contribution is 2.23. The average Bonchev–Trinajstić information content (AvgIpc) is 3.19. The highest BCUT2D eigenvalue weighted by atomic mass is 32.2. The van der Waals surface area contributed by atoms with Gasteiger partial charge >= 0.3 is 0 Å². The van der Waals surface area contributed by atoms with Gasteiger partial charge in [0.2, 0.25) is 0 Å². The topological polar surface area (TPSA) is 51.2 Å². The zero-order valence-corrected chi connectivity index (χ0v) is 15.4. The van der Waals surface area contributed by atoms with Crippen LogP contribution in [0.4, 0.5) is 0 Å². The average molecular weight is 370 g/mol. The number of hydrogen-bond acceptors (Lipinski definition) is 5. The Balaban J connectivity index is 1.51. The number of amides is 1. The molecule has 0 saturated heterocycles. The number of aromatic nitrogens is 1. The second kappa shape index (κ2) is 8.69. The molecule has 2 aromatic carbocycles. The van der Waals surface area contributed by atoms with E-state index < -0.39 is 0 Å². The number of benzene rings is 2. The lowest BCUT2D eigenvalue weighted by molar-refractivity contribution is 0.0951. The summed E-state index contributed by atoms with van der Waals surface area (Å²) >= 11 is 3.32. The summed E-state index contributed by atoms with van der Waals surface area (Å²) in [5, 5.41) is 4.98. The Morgan fingerprint density at radius 3 is 2.56 bits per heavy atom. The van der Waals surface area contributed by atoms with Gasteiger partial charge in [0, 0.05) is 28.1 Å². The predicted octanol–water partition coefficient (Wildman–Crippen LogP) is 4.37. The van der Waals surface area contributed by atoms with Crippen LogP contribution in [0.15, 0.2) is 64.3 Å². The van der Waals surface area contributed by atoms with Gasteiger partial charge in [-0.25, -0.2) is 4.98 Å². The molecule has 0 aliphatic rings. The van der Waals surface area contributed by atoms with Gasteiger partial charge in [0.25, 0.3) is 5.91 Å². The van der Waals surface area contributed by atoms with E-state index in [1.54, 1.807) is 30.2 Å². The summed E-state index contributed by atoms with van der Waals surface area (Å²) in [4.78, 5) is 17.6. The number of nitrogens with zero attached hydrogens (tertiary/aromatic N) is 1. The molecule has 0 saturated carbocycles. The van der Waals surface area contributed by atoms with Gasteiger partial charge in [-0.3, -0.25) is 4.79 Å². The molecule has 0 unspecified atom stereocenters. The van der Waals surface area contributed by atoms with Crippen molar-refractivity contribution < 1.29 is 9.53 Å². The number of methoxy groups -OCH3 is 1. The van der Waals surface area contributed by atoms with Gasteiger partial charge in [-0.2, -0.15) is 0 Å². The Kier molecular flexibility index (Phi) is 6.09. The molecule has 1 amide bonds. The molecule has 0 aliphatic heterocycles. The van der Waals surface area contributed by atoms with E-state index in [1.807, 2.05) is 59.4 Å². The van der Waals surface area contributed by atoms with Crippen LogP contribution in [0.1, 0.15) is 21.6 Å². The number of carbonyl (C=O) groups excluding carboxylic acids is 1. The molecule has 1 N–H and O–H groups in total. The first kappa shape index (κ1) is 17.5. The molecule has 1 aromatic heterocycles. The van der Waals surface area contributed by atoms with E-state index in [4.69, 9.17) is 4.74 Å². The zero-order chi connectivity index (χ0) is 17.5. The molecule has 0 fully saturated rings. The van der Waals surface area contributed by atoms with Gasteiger partial charge in [0.15, 0.2) is 0 Å². The lowest BCUT2D eigenvalue weighted by atomic mass is 10.2. The monoisotopic (exact) mass is 370 g/mol. The third-order valence-corrected chi connectivity index (χ3v) is 5.28. The molecule has 4 nitrogen and oxygen atoms in total. The van der Waals surface area contributed by atoms with Gasteiger partial charge in [-0.1, -0.05) is 12.1 Å². The third kappa shape index (κ3) is 5.08. The van der Waals surface area contributed by atoms with Crippen LogP contribution in [-0.4, -0.2) is 18.0 Å². The second-order valence-electron chi connectivity index (χ2n) is 5.32. The number of thioether (sulfide) groups is 1. The van der Waals surface area contributed by atoms with Crippen LogP contribution < -0.4 is 10.1 Å². The molecule has 0 radical (unpaired) electrons. The van der Waals surface area contributed by atoms with Crippen molar-refractivity contribution in [1.29, 1.82) is 0 Å². The van der Waals surface area contributed by atoms with Crippen molar-refractivity contribution in [3.05, 3.63) is 76.2 Å². The third-order valence-electron chi connectivity index (χ3n) is 3.60. The van der Waals surface area contributed by atoms with Gasteiger partial charge in [0.1, 0.15) is 5.75 Å². The highest BCUT2D eigenvalue weighted by molar-refractivity contribution is 7.98. The van der Waals surface area contributed by atoms with E-state index >= 15 is 0 Å². The summed E-state index contributed by atoms with van der Waals surface area (Å²) in [5.41, 5.74) is 4.61. The van der Waals surface area contributed by atoms with Gasteiger partial charge in [-0.15, -0.1) is 23.1 Å². The SMILES string of the molecule is COc1ccc(CNC(=O)c2ccc(SCc3cscn3)cc2)cc1. The van der Waals surface area contributed by atoms with Crippen molar-refractivity contribution in [3.8, 4) is 5.75 Å². The van der Waals surface area contributed by atoms with Gasteiger partial charge < -0.3 is 10.1 Å². The zero-order valence-electron chi connectivity index (χ0n) is 13.8. The van der Waals surface area contributed by atoms with Crippen molar-refractivity contribution in [3.63, 3.8) is 0 Å². The normalized spacial score (nSPS) is 10.4. The Morgan fingerprint density at radius 2 is 1.92 bits per heavy atom. The molecule has 0 spiro atoms.